The second-order valence-electron chi connectivity index (χ2n) is 3.46. The summed E-state index contributed by atoms with van der Waals surface area (Å²) >= 11 is 5.21. The highest BCUT2D eigenvalue weighted by atomic mass is 79.9. The highest BCUT2D eigenvalue weighted by Gasteiger charge is 2.00. The van der Waals surface area contributed by atoms with Crippen molar-refractivity contribution in [2.75, 3.05) is 30.0 Å². The second kappa shape index (κ2) is 8.72. The van der Waals surface area contributed by atoms with E-state index in [0.29, 0.717) is 0 Å². The molecule has 0 fully saturated rings. The van der Waals surface area contributed by atoms with E-state index in [4.69, 9.17) is 5.11 Å². The first-order chi connectivity index (χ1) is 8.26. The Kier molecular flexibility index (Phi) is 7.55. The Morgan fingerprint density at radius 3 is 2.94 bits per heavy atom. The fourth-order valence-corrected chi connectivity index (χ4v) is 2.44. The summed E-state index contributed by atoms with van der Waals surface area (Å²) in [4.78, 5) is 8.64. The lowest BCUT2D eigenvalue weighted by atomic mass is 10.4. The van der Waals surface area contributed by atoms with Crippen LogP contribution in [0.2, 0.25) is 0 Å². The minimum atomic E-state index is 0.277. The largest absolute Gasteiger partial charge is 0.396 e. The molecular weight excluding hydrogens is 302 g/mol. The SMILES string of the molecule is CCc1nc(Br)cc(NCCSCCCO)n1. The first-order valence-electron chi connectivity index (χ1n) is 5.72. The van der Waals surface area contributed by atoms with Crippen LogP contribution in [0.3, 0.4) is 0 Å². The van der Waals surface area contributed by atoms with E-state index in [1.54, 1.807) is 0 Å². The van der Waals surface area contributed by atoms with Crippen LogP contribution in [0.15, 0.2) is 10.7 Å². The Hall–Kier alpha value is -0.330. The molecule has 0 aromatic carbocycles. The fourth-order valence-electron chi connectivity index (χ4n) is 1.23. The summed E-state index contributed by atoms with van der Waals surface area (Å²) in [5.41, 5.74) is 0. The Bertz CT molecular complexity index is 338. The molecule has 0 saturated heterocycles. The van der Waals surface area contributed by atoms with Gasteiger partial charge in [-0.1, -0.05) is 6.92 Å². The number of aliphatic hydroxyl groups is 1. The van der Waals surface area contributed by atoms with E-state index in [0.717, 1.165) is 47.1 Å². The summed E-state index contributed by atoms with van der Waals surface area (Å²) < 4.78 is 0.819. The lowest BCUT2D eigenvalue weighted by Crippen LogP contribution is -2.08. The summed E-state index contributed by atoms with van der Waals surface area (Å²) in [6, 6.07) is 1.89. The van der Waals surface area contributed by atoms with E-state index < -0.39 is 0 Å². The smallest absolute Gasteiger partial charge is 0.131 e. The van der Waals surface area contributed by atoms with Crippen LogP contribution in [0.25, 0.3) is 0 Å². The minimum absolute atomic E-state index is 0.277. The Morgan fingerprint density at radius 2 is 2.24 bits per heavy atom. The number of aliphatic hydroxyl groups excluding tert-OH is 1. The molecule has 0 unspecified atom stereocenters. The van der Waals surface area contributed by atoms with Gasteiger partial charge in [0.2, 0.25) is 0 Å². The number of nitrogens with one attached hydrogen (secondary N) is 1. The van der Waals surface area contributed by atoms with Crippen LogP contribution in [0.5, 0.6) is 0 Å². The standard InChI is InChI=1S/C11H18BrN3OS/c1-2-10-14-9(12)8-11(15-10)13-4-7-17-6-3-5-16/h8,16H,2-7H2,1H3,(H,13,14,15). The van der Waals surface area contributed by atoms with Gasteiger partial charge in [-0.05, 0) is 28.1 Å². The maximum absolute atomic E-state index is 8.64. The number of rotatable bonds is 8. The summed E-state index contributed by atoms with van der Waals surface area (Å²) in [5, 5.41) is 11.9. The van der Waals surface area contributed by atoms with Crippen molar-refractivity contribution in [1.29, 1.82) is 0 Å². The number of thioether (sulfide) groups is 1. The number of nitrogens with zero attached hydrogens (tertiary/aromatic N) is 2. The van der Waals surface area contributed by atoms with Gasteiger partial charge in [0.15, 0.2) is 0 Å². The van der Waals surface area contributed by atoms with Gasteiger partial charge in [-0.25, -0.2) is 9.97 Å². The summed E-state index contributed by atoms with van der Waals surface area (Å²) in [7, 11) is 0. The van der Waals surface area contributed by atoms with Crippen molar-refractivity contribution in [2.45, 2.75) is 19.8 Å². The zero-order valence-electron chi connectivity index (χ0n) is 9.95. The van der Waals surface area contributed by atoms with Crippen molar-refractivity contribution in [1.82, 2.24) is 9.97 Å². The van der Waals surface area contributed by atoms with Gasteiger partial charge in [-0.2, -0.15) is 11.8 Å². The molecule has 0 atom stereocenters. The van der Waals surface area contributed by atoms with Gasteiger partial charge >= 0.3 is 0 Å². The molecule has 0 radical (unpaired) electrons. The lowest BCUT2D eigenvalue weighted by Gasteiger charge is -2.07. The number of hydrogen-bond donors (Lipinski definition) is 2. The molecule has 4 nitrogen and oxygen atoms in total. The maximum Gasteiger partial charge on any atom is 0.131 e. The Morgan fingerprint density at radius 1 is 1.41 bits per heavy atom. The van der Waals surface area contributed by atoms with E-state index in [1.165, 1.54) is 0 Å². The quantitative estimate of drug-likeness (QED) is 0.569. The van der Waals surface area contributed by atoms with E-state index >= 15 is 0 Å². The van der Waals surface area contributed by atoms with Gasteiger partial charge in [-0.3, -0.25) is 0 Å². The number of aromatic nitrogens is 2. The van der Waals surface area contributed by atoms with Crippen LogP contribution in [0.4, 0.5) is 5.82 Å². The summed E-state index contributed by atoms with van der Waals surface area (Å²) in [6.45, 7) is 3.19. The fraction of sp³-hybridized carbons (Fsp3) is 0.636. The van der Waals surface area contributed by atoms with Crippen molar-refractivity contribution in [3.8, 4) is 0 Å². The normalized spacial score (nSPS) is 10.5. The third-order valence-corrected chi connectivity index (χ3v) is 3.53. The van der Waals surface area contributed by atoms with Crippen LogP contribution in [0.1, 0.15) is 19.2 Å². The lowest BCUT2D eigenvalue weighted by molar-refractivity contribution is 0.296. The zero-order chi connectivity index (χ0) is 12.5. The predicted octanol–water partition coefficient (Wildman–Crippen LogP) is 2.33. The number of halogens is 1. The Labute approximate surface area is 115 Å². The van der Waals surface area contributed by atoms with Gasteiger partial charge in [0.25, 0.3) is 0 Å². The molecule has 0 bridgehead atoms. The van der Waals surface area contributed by atoms with Gasteiger partial charge < -0.3 is 10.4 Å². The van der Waals surface area contributed by atoms with Crippen molar-refractivity contribution >= 4 is 33.5 Å². The predicted molar refractivity (Wildman–Crippen MR) is 76.6 cm³/mol. The van der Waals surface area contributed by atoms with Crippen LogP contribution >= 0.6 is 27.7 Å². The third-order valence-electron chi connectivity index (χ3n) is 2.06. The Balaban J connectivity index is 2.28. The maximum atomic E-state index is 8.64. The molecule has 0 amide bonds. The molecule has 0 aliphatic heterocycles. The van der Waals surface area contributed by atoms with E-state index in [9.17, 15) is 0 Å². The topological polar surface area (TPSA) is 58.0 Å². The van der Waals surface area contributed by atoms with E-state index in [1.807, 2.05) is 24.8 Å². The zero-order valence-corrected chi connectivity index (χ0v) is 12.4. The average Bonchev–Trinajstić information content (AvgIpc) is 2.33. The van der Waals surface area contributed by atoms with Crippen LogP contribution < -0.4 is 5.32 Å². The summed E-state index contributed by atoms with van der Waals surface area (Å²) in [6.07, 6.45) is 1.70. The van der Waals surface area contributed by atoms with E-state index in [-0.39, 0.29) is 6.61 Å². The molecule has 1 rings (SSSR count). The van der Waals surface area contributed by atoms with Crippen molar-refractivity contribution in [3.05, 3.63) is 16.5 Å². The number of hydrogen-bond acceptors (Lipinski definition) is 5. The molecule has 6 heteroatoms. The highest BCUT2D eigenvalue weighted by molar-refractivity contribution is 9.10. The molecule has 0 aliphatic rings. The van der Waals surface area contributed by atoms with Gasteiger partial charge in [-0.15, -0.1) is 0 Å². The first kappa shape index (κ1) is 14.7. The second-order valence-corrected chi connectivity index (χ2v) is 5.50. The summed E-state index contributed by atoms with van der Waals surface area (Å²) in [5.74, 6) is 3.73. The molecule has 0 spiro atoms. The van der Waals surface area contributed by atoms with Crippen molar-refractivity contribution < 1.29 is 5.11 Å². The van der Waals surface area contributed by atoms with Crippen molar-refractivity contribution in [3.63, 3.8) is 0 Å². The van der Waals surface area contributed by atoms with Crippen LogP contribution in [-0.4, -0.2) is 39.7 Å². The van der Waals surface area contributed by atoms with Crippen molar-refractivity contribution in [2.24, 2.45) is 0 Å². The molecule has 0 aliphatic carbocycles. The monoisotopic (exact) mass is 319 g/mol. The van der Waals surface area contributed by atoms with Gasteiger partial charge in [0, 0.05) is 31.4 Å². The highest BCUT2D eigenvalue weighted by Crippen LogP contribution is 2.12. The number of anilines is 1. The minimum Gasteiger partial charge on any atom is -0.396 e. The molecule has 1 aromatic rings. The molecule has 1 aromatic heterocycles. The molecule has 1 heterocycles. The van der Waals surface area contributed by atoms with Gasteiger partial charge in [0.05, 0.1) is 0 Å². The van der Waals surface area contributed by atoms with Gasteiger partial charge in [0.1, 0.15) is 16.2 Å². The third kappa shape index (κ3) is 6.24. The van der Waals surface area contributed by atoms with Crippen LogP contribution in [0, 0.1) is 0 Å². The number of aryl methyl sites for hydroxylation is 1. The molecular formula is C11H18BrN3OS. The van der Waals surface area contributed by atoms with E-state index in [2.05, 4.69) is 31.2 Å². The average molecular weight is 320 g/mol. The molecule has 17 heavy (non-hydrogen) atoms. The molecule has 96 valence electrons. The molecule has 0 saturated carbocycles. The first-order valence-corrected chi connectivity index (χ1v) is 7.67. The molecule has 2 N–H and O–H groups in total. The van der Waals surface area contributed by atoms with Crippen LogP contribution in [-0.2, 0) is 6.42 Å².